The molecule has 0 aromatic rings. The quantitative estimate of drug-likeness (QED) is 0.681. The first-order valence-electron chi connectivity index (χ1n) is 8.22. The van der Waals surface area contributed by atoms with Crippen LogP contribution in [0.4, 0.5) is 0 Å². The lowest BCUT2D eigenvalue weighted by molar-refractivity contribution is -0.157. The molecule has 7 nitrogen and oxygen atoms in total. The van der Waals surface area contributed by atoms with E-state index in [0.717, 1.165) is 32.4 Å². The smallest absolute Gasteiger partial charge is 0.312 e. The van der Waals surface area contributed by atoms with Gasteiger partial charge in [-0.25, -0.2) is 0 Å². The Morgan fingerprint density at radius 3 is 2.55 bits per heavy atom. The number of nitrogens with one attached hydrogen (secondary N) is 1. The lowest BCUT2D eigenvalue weighted by Gasteiger charge is -2.35. The Morgan fingerprint density at radius 1 is 1.09 bits per heavy atom. The summed E-state index contributed by atoms with van der Waals surface area (Å²) in [5, 5.41) is 3.36. The molecule has 0 saturated carbocycles. The van der Waals surface area contributed by atoms with E-state index in [4.69, 9.17) is 0 Å². The molecule has 3 amide bonds. The molecular formula is C15H24N4O3. The number of amides is 3. The standard InChI is InChI=1S/C15H24N4O3/c1-2-17-7-8-18(15(22)14(17)21)10-13(20)19-11-3-4-12(19)9-16-6-5-11/h11-12,16H,2-10H2,1H3. The van der Waals surface area contributed by atoms with Gasteiger partial charge in [-0.05, 0) is 32.7 Å². The first kappa shape index (κ1) is 15.3. The number of nitrogens with zero attached hydrogens (tertiary/aromatic N) is 3. The zero-order chi connectivity index (χ0) is 15.7. The van der Waals surface area contributed by atoms with Crippen molar-refractivity contribution in [3.63, 3.8) is 0 Å². The van der Waals surface area contributed by atoms with Crippen molar-refractivity contribution in [2.75, 3.05) is 39.3 Å². The topological polar surface area (TPSA) is 73.0 Å². The van der Waals surface area contributed by atoms with E-state index in [1.807, 2.05) is 11.8 Å². The predicted molar refractivity (Wildman–Crippen MR) is 80.0 cm³/mol. The molecule has 3 fully saturated rings. The second-order valence-electron chi connectivity index (χ2n) is 6.29. The highest BCUT2D eigenvalue weighted by atomic mass is 16.2. The van der Waals surface area contributed by atoms with Gasteiger partial charge in [-0.2, -0.15) is 0 Å². The summed E-state index contributed by atoms with van der Waals surface area (Å²) in [6.07, 6.45) is 3.05. The third kappa shape index (κ3) is 2.69. The van der Waals surface area contributed by atoms with Crippen LogP contribution in [0.25, 0.3) is 0 Å². The Morgan fingerprint density at radius 2 is 1.77 bits per heavy atom. The van der Waals surface area contributed by atoms with Gasteiger partial charge in [0.15, 0.2) is 0 Å². The third-order valence-electron chi connectivity index (χ3n) is 5.05. The summed E-state index contributed by atoms with van der Waals surface area (Å²) in [5.74, 6) is -1.04. The molecule has 3 heterocycles. The first-order valence-corrected chi connectivity index (χ1v) is 8.22. The monoisotopic (exact) mass is 308 g/mol. The Hall–Kier alpha value is -1.63. The van der Waals surface area contributed by atoms with Crippen molar-refractivity contribution in [2.45, 2.75) is 38.3 Å². The average molecular weight is 308 g/mol. The fourth-order valence-corrected chi connectivity index (χ4v) is 3.80. The van der Waals surface area contributed by atoms with Crippen LogP contribution < -0.4 is 5.32 Å². The van der Waals surface area contributed by atoms with Crippen LogP contribution in [-0.2, 0) is 14.4 Å². The van der Waals surface area contributed by atoms with Crippen molar-refractivity contribution in [3.05, 3.63) is 0 Å². The number of carbonyl (C=O) groups is 3. The van der Waals surface area contributed by atoms with E-state index < -0.39 is 11.8 Å². The Labute approximate surface area is 130 Å². The van der Waals surface area contributed by atoms with Gasteiger partial charge in [0.05, 0.1) is 0 Å². The van der Waals surface area contributed by atoms with Crippen LogP contribution in [0.15, 0.2) is 0 Å². The highest BCUT2D eigenvalue weighted by Crippen LogP contribution is 2.28. The molecule has 0 aromatic carbocycles. The highest BCUT2D eigenvalue weighted by Gasteiger charge is 2.40. The summed E-state index contributed by atoms with van der Waals surface area (Å²) in [6.45, 7) is 5.17. The SMILES string of the molecule is CCN1CCN(CC(=O)N2C3CCNCC2CC3)C(=O)C1=O. The largest absolute Gasteiger partial charge is 0.334 e. The van der Waals surface area contributed by atoms with Gasteiger partial charge < -0.3 is 20.0 Å². The fourth-order valence-electron chi connectivity index (χ4n) is 3.80. The Kier molecular flexibility index (Phi) is 4.33. The van der Waals surface area contributed by atoms with E-state index in [0.29, 0.717) is 19.6 Å². The molecule has 2 bridgehead atoms. The zero-order valence-corrected chi connectivity index (χ0v) is 13.1. The van der Waals surface area contributed by atoms with Gasteiger partial charge >= 0.3 is 11.8 Å². The van der Waals surface area contributed by atoms with Gasteiger partial charge in [-0.3, -0.25) is 14.4 Å². The summed E-state index contributed by atoms with van der Waals surface area (Å²) in [4.78, 5) is 41.6. The Bertz CT molecular complexity index is 467. The van der Waals surface area contributed by atoms with E-state index in [-0.39, 0.29) is 24.5 Å². The minimum atomic E-state index is -0.540. The molecule has 7 heteroatoms. The molecule has 3 rings (SSSR count). The summed E-state index contributed by atoms with van der Waals surface area (Å²) < 4.78 is 0. The summed E-state index contributed by atoms with van der Waals surface area (Å²) in [7, 11) is 0. The van der Waals surface area contributed by atoms with Crippen LogP contribution in [0.3, 0.4) is 0 Å². The normalized spacial score (nSPS) is 29.0. The summed E-state index contributed by atoms with van der Waals surface area (Å²) >= 11 is 0. The summed E-state index contributed by atoms with van der Waals surface area (Å²) in [5.41, 5.74) is 0. The highest BCUT2D eigenvalue weighted by molar-refractivity contribution is 6.35. The van der Waals surface area contributed by atoms with Crippen LogP contribution in [-0.4, -0.2) is 83.8 Å². The van der Waals surface area contributed by atoms with Gasteiger partial charge in [0.1, 0.15) is 6.54 Å². The van der Waals surface area contributed by atoms with E-state index >= 15 is 0 Å². The molecule has 0 spiro atoms. The van der Waals surface area contributed by atoms with E-state index in [9.17, 15) is 14.4 Å². The van der Waals surface area contributed by atoms with Gasteiger partial charge in [-0.1, -0.05) is 0 Å². The maximum absolute atomic E-state index is 12.7. The lowest BCUT2D eigenvalue weighted by Crippen LogP contribution is -2.57. The number of hydrogen-bond donors (Lipinski definition) is 1. The molecule has 2 atom stereocenters. The molecule has 122 valence electrons. The Balaban J connectivity index is 1.64. The van der Waals surface area contributed by atoms with Crippen LogP contribution >= 0.6 is 0 Å². The number of carbonyl (C=O) groups excluding carboxylic acids is 3. The van der Waals surface area contributed by atoms with E-state index in [2.05, 4.69) is 5.32 Å². The lowest BCUT2D eigenvalue weighted by atomic mass is 10.1. The second kappa shape index (κ2) is 6.24. The maximum Gasteiger partial charge on any atom is 0.312 e. The molecule has 1 N–H and O–H groups in total. The number of fused-ring (bicyclic) bond motifs is 2. The van der Waals surface area contributed by atoms with Gasteiger partial charge in [0, 0.05) is 38.3 Å². The van der Waals surface area contributed by atoms with Crippen molar-refractivity contribution in [3.8, 4) is 0 Å². The molecule has 0 aromatic heterocycles. The van der Waals surface area contributed by atoms with Crippen LogP contribution in [0.2, 0.25) is 0 Å². The van der Waals surface area contributed by atoms with Crippen LogP contribution in [0.5, 0.6) is 0 Å². The number of hydrogen-bond acceptors (Lipinski definition) is 4. The van der Waals surface area contributed by atoms with Gasteiger partial charge in [0.25, 0.3) is 0 Å². The van der Waals surface area contributed by atoms with Crippen molar-refractivity contribution in [2.24, 2.45) is 0 Å². The number of rotatable bonds is 3. The van der Waals surface area contributed by atoms with E-state index in [1.165, 1.54) is 9.80 Å². The maximum atomic E-state index is 12.7. The average Bonchev–Trinajstić information content (AvgIpc) is 2.77. The van der Waals surface area contributed by atoms with E-state index in [1.54, 1.807) is 0 Å². The molecule has 22 heavy (non-hydrogen) atoms. The minimum Gasteiger partial charge on any atom is -0.334 e. The van der Waals surface area contributed by atoms with Crippen molar-refractivity contribution < 1.29 is 14.4 Å². The molecule has 3 saturated heterocycles. The van der Waals surface area contributed by atoms with Crippen molar-refractivity contribution >= 4 is 17.7 Å². The molecule has 3 aliphatic heterocycles. The minimum absolute atomic E-state index is 0.0118. The van der Waals surface area contributed by atoms with Crippen molar-refractivity contribution in [1.82, 2.24) is 20.0 Å². The predicted octanol–water partition coefficient (Wildman–Crippen LogP) is -0.970. The van der Waals surface area contributed by atoms with Crippen LogP contribution in [0.1, 0.15) is 26.2 Å². The summed E-state index contributed by atoms with van der Waals surface area (Å²) in [6, 6.07) is 0.526. The molecular weight excluding hydrogens is 284 g/mol. The number of likely N-dealkylation sites (N-methyl/N-ethyl adjacent to an activating group) is 1. The second-order valence-corrected chi connectivity index (χ2v) is 6.29. The molecule has 0 aliphatic carbocycles. The molecule has 2 unspecified atom stereocenters. The fraction of sp³-hybridized carbons (Fsp3) is 0.800. The van der Waals surface area contributed by atoms with Crippen molar-refractivity contribution in [1.29, 1.82) is 0 Å². The molecule has 0 radical (unpaired) electrons. The van der Waals surface area contributed by atoms with Gasteiger partial charge in [-0.15, -0.1) is 0 Å². The van der Waals surface area contributed by atoms with Gasteiger partial charge in [0.2, 0.25) is 5.91 Å². The zero-order valence-electron chi connectivity index (χ0n) is 13.1. The number of piperazine rings is 1. The third-order valence-corrected chi connectivity index (χ3v) is 5.05. The first-order chi connectivity index (χ1) is 10.6. The van der Waals surface area contributed by atoms with Crippen LogP contribution in [0, 0.1) is 0 Å². The molecule has 3 aliphatic rings.